The quantitative estimate of drug-likeness (QED) is 0.0997. The van der Waals surface area contributed by atoms with Crippen molar-refractivity contribution in [2.45, 2.75) is 40.5 Å². The molecule has 0 fully saturated rings. The van der Waals surface area contributed by atoms with E-state index in [0.29, 0.717) is 24.6 Å². The van der Waals surface area contributed by atoms with Gasteiger partial charge in [0.05, 0.1) is 0 Å². The summed E-state index contributed by atoms with van der Waals surface area (Å²) in [7, 11) is 7.87. The number of ether oxygens (including phenoxy) is 4. The highest BCUT2D eigenvalue weighted by Gasteiger charge is 2.21. The number of benzene rings is 2. The van der Waals surface area contributed by atoms with Crippen LogP contribution in [0.25, 0.3) is 21.9 Å². The lowest BCUT2D eigenvalue weighted by Crippen LogP contribution is -2.31. The lowest BCUT2D eigenvalue weighted by atomic mass is 10.1. The molecule has 2 aromatic carbocycles. The van der Waals surface area contributed by atoms with Gasteiger partial charge in [-0.05, 0) is 94.0 Å². The highest BCUT2D eigenvalue weighted by atomic mass is 16.5. The Hall–Kier alpha value is -4.55. The molecule has 3 aromatic rings. The van der Waals surface area contributed by atoms with Gasteiger partial charge < -0.3 is 43.8 Å². The van der Waals surface area contributed by atoms with E-state index in [4.69, 9.17) is 23.4 Å². The third kappa shape index (κ3) is 13.1. The molecule has 0 radical (unpaired) electrons. The van der Waals surface area contributed by atoms with Crippen molar-refractivity contribution in [3.05, 3.63) is 57.8 Å². The summed E-state index contributed by atoms with van der Waals surface area (Å²) in [6.45, 7) is 10.4. The Morgan fingerprint density at radius 1 is 0.673 bits per heavy atom. The number of hydrogen-bond acceptors (Lipinski definition) is 10. The van der Waals surface area contributed by atoms with Gasteiger partial charge >= 0.3 is 0 Å². The smallest absolute Gasteiger partial charge is 0.257 e. The standard InChI is InChI=1S/C37H52N4O8/c1-25(2)11-17-45-27-19-29(47-23-33(42)38-13-9-15-40(5)6)35-31(21-27)49-32-22-28(46-18-12-26(3)4)20-30(36(32)37(35)44)48-24-34(43)39-14-10-16-41(7)8/h11-12,19-22H,9-10,13-18,23-24H2,1-8H3,(H,38,42)(H,39,43). The second-order valence-electron chi connectivity index (χ2n) is 12.8. The van der Waals surface area contributed by atoms with Crippen molar-refractivity contribution in [2.75, 3.05) is 80.8 Å². The molecule has 0 spiro atoms. The van der Waals surface area contributed by atoms with E-state index in [1.54, 1.807) is 24.3 Å². The van der Waals surface area contributed by atoms with Crippen molar-refractivity contribution in [1.82, 2.24) is 20.4 Å². The number of carbonyl (C=O) groups excluding carboxylic acids is 2. The molecule has 1 heterocycles. The molecule has 0 saturated heterocycles. The molecule has 0 atom stereocenters. The molecular weight excluding hydrogens is 628 g/mol. The van der Waals surface area contributed by atoms with Gasteiger partial charge in [0, 0.05) is 37.4 Å². The summed E-state index contributed by atoms with van der Waals surface area (Å²) in [6.07, 6.45) is 5.39. The Balaban J connectivity index is 2.03. The van der Waals surface area contributed by atoms with Crippen molar-refractivity contribution in [3.63, 3.8) is 0 Å². The molecule has 2 amide bonds. The van der Waals surface area contributed by atoms with Gasteiger partial charge in [-0.3, -0.25) is 14.4 Å². The number of hydrogen-bond donors (Lipinski definition) is 2. The average Bonchev–Trinajstić information content (AvgIpc) is 3.02. The van der Waals surface area contributed by atoms with Crippen LogP contribution in [0.4, 0.5) is 0 Å². The fourth-order valence-electron chi connectivity index (χ4n) is 4.62. The third-order valence-electron chi connectivity index (χ3n) is 7.16. The zero-order valence-corrected chi connectivity index (χ0v) is 30.2. The number of carbonyl (C=O) groups is 2. The minimum Gasteiger partial charge on any atom is -0.489 e. The van der Waals surface area contributed by atoms with Gasteiger partial charge in [0.25, 0.3) is 11.8 Å². The van der Waals surface area contributed by atoms with Crippen LogP contribution in [0.2, 0.25) is 0 Å². The average molecular weight is 681 g/mol. The predicted octanol–water partition coefficient (Wildman–Crippen LogP) is 4.53. The molecule has 3 rings (SSSR count). The number of nitrogens with one attached hydrogen (secondary N) is 2. The maximum absolute atomic E-state index is 14.3. The molecule has 49 heavy (non-hydrogen) atoms. The van der Waals surface area contributed by atoms with Gasteiger partial charge in [-0.2, -0.15) is 0 Å². The summed E-state index contributed by atoms with van der Waals surface area (Å²) in [5, 5.41) is 5.90. The number of allylic oxidation sites excluding steroid dienone is 2. The van der Waals surface area contributed by atoms with E-state index in [9.17, 15) is 14.4 Å². The largest absolute Gasteiger partial charge is 0.489 e. The molecule has 0 unspecified atom stereocenters. The maximum Gasteiger partial charge on any atom is 0.257 e. The Kier molecular flexibility index (Phi) is 15.4. The topological polar surface area (TPSA) is 132 Å². The zero-order chi connectivity index (χ0) is 35.9. The van der Waals surface area contributed by atoms with Crippen molar-refractivity contribution < 1.29 is 33.0 Å². The first kappa shape index (κ1) is 38.9. The van der Waals surface area contributed by atoms with Crippen LogP contribution in [0.1, 0.15) is 40.5 Å². The Morgan fingerprint density at radius 2 is 1.08 bits per heavy atom. The van der Waals surface area contributed by atoms with Crippen LogP contribution >= 0.6 is 0 Å². The summed E-state index contributed by atoms with van der Waals surface area (Å²) in [5.74, 6) is 0.382. The first-order chi connectivity index (χ1) is 23.3. The minimum atomic E-state index is -0.453. The van der Waals surface area contributed by atoms with Crippen molar-refractivity contribution >= 4 is 33.8 Å². The number of fused-ring (bicyclic) bond motifs is 2. The molecule has 268 valence electrons. The van der Waals surface area contributed by atoms with Gasteiger partial charge in [-0.25, -0.2) is 0 Å². The van der Waals surface area contributed by atoms with Gasteiger partial charge in [-0.15, -0.1) is 0 Å². The minimum absolute atomic E-state index is 0.110. The van der Waals surface area contributed by atoms with E-state index in [1.807, 2.05) is 77.8 Å². The summed E-state index contributed by atoms with van der Waals surface area (Å²) < 4.78 is 30.1. The zero-order valence-electron chi connectivity index (χ0n) is 30.2. The van der Waals surface area contributed by atoms with E-state index in [2.05, 4.69) is 10.6 Å². The summed E-state index contributed by atoms with van der Waals surface area (Å²) in [6, 6.07) is 6.37. The first-order valence-electron chi connectivity index (χ1n) is 16.5. The molecule has 0 aliphatic carbocycles. The number of rotatable bonds is 20. The summed E-state index contributed by atoms with van der Waals surface area (Å²) >= 11 is 0. The lowest BCUT2D eigenvalue weighted by Gasteiger charge is -2.15. The van der Waals surface area contributed by atoms with Crippen LogP contribution < -0.4 is 35.0 Å². The lowest BCUT2D eigenvalue weighted by molar-refractivity contribution is -0.123. The predicted molar refractivity (Wildman–Crippen MR) is 193 cm³/mol. The van der Waals surface area contributed by atoms with E-state index in [-0.39, 0.29) is 71.7 Å². The number of nitrogens with zero attached hydrogens (tertiary/aromatic N) is 2. The number of amides is 2. The molecular formula is C37H52N4O8. The van der Waals surface area contributed by atoms with E-state index >= 15 is 0 Å². The fraction of sp³-hybridized carbons (Fsp3) is 0.486. The van der Waals surface area contributed by atoms with Crippen molar-refractivity contribution in [3.8, 4) is 23.0 Å². The van der Waals surface area contributed by atoms with Gasteiger partial charge in [0.2, 0.25) is 5.43 Å². The van der Waals surface area contributed by atoms with Gasteiger partial charge in [0.15, 0.2) is 13.2 Å². The van der Waals surface area contributed by atoms with Crippen molar-refractivity contribution in [1.29, 1.82) is 0 Å². The van der Waals surface area contributed by atoms with Crippen LogP contribution in [0.5, 0.6) is 23.0 Å². The second-order valence-corrected chi connectivity index (χ2v) is 12.8. The third-order valence-corrected chi connectivity index (χ3v) is 7.16. The van der Waals surface area contributed by atoms with Crippen LogP contribution in [-0.2, 0) is 9.59 Å². The van der Waals surface area contributed by atoms with Gasteiger partial charge in [0.1, 0.15) is 58.2 Å². The highest BCUT2D eigenvalue weighted by Crippen LogP contribution is 2.36. The molecule has 0 aliphatic rings. The molecule has 12 heteroatoms. The molecule has 0 bridgehead atoms. The molecule has 0 aliphatic heterocycles. The van der Waals surface area contributed by atoms with Crippen LogP contribution in [0.3, 0.4) is 0 Å². The van der Waals surface area contributed by atoms with Crippen LogP contribution in [-0.4, -0.2) is 102 Å². The van der Waals surface area contributed by atoms with E-state index < -0.39 is 5.43 Å². The van der Waals surface area contributed by atoms with Gasteiger partial charge in [-0.1, -0.05) is 11.1 Å². The Morgan fingerprint density at radius 3 is 1.45 bits per heavy atom. The van der Waals surface area contributed by atoms with Crippen LogP contribution in [0.15, 0.2) is 56.8 Å². The Labute approximate surface area is 289 Å². The monoisotopic (exact) mass is 680 g/mol. The normalized spacial score (nSPS) is 11.1. The fourth-order valence-corrected chi connectivity index (χ4v) is 4.62. The molecule has 2 N–H and O–H groups in total. The molecule has 12 nitrogen and oxygen atoms in total. The molecule has 1 aromatic heterocycles. The van der Waals surface area contributed by atoms with E-state index in [0.717, 1.165) is 37.1 Å². The summed E-state index contributed by atoms with van der Waals surface area (Å²) in [4.78, 5) is 43.6. The maximum atomic E-state index is 14.3. The summed E-state index contributed by atoms with van der Waals surface area (Å²) in [5.41, 5.74) is 2.09. The first-order valence-corrected chi connectivity index (χ1v) is 16.5. The second kappa shape index (κ2) is 19.4. The molecule has 0 saturated carbocycles. The van der Waals surface area contributed by atoms with Crippen molar-refractivity contribution in [2.24, 2.45) is 0 Å². The van der Waals surface area contributed by atoms with E-state index in [1.165, 1.54) is 0 Å². The van der Waals surface area contributed by atoms with Crippen LogP contribution in [0, 0.1) is 0 Å². The highest BCUT2D eigenvalue weighted by molar-refractivity contribution is 5.97. The Bertz CT molecular complexity index is 1570. The SMILES string of the molecule is CC(C)=CCOc1cc(OCC(=O)NCCCN(C)C)c2c(=O)c3c(OCC(=O)NCCCN(C)C)cc(OCC=C(C)C)cc3oc2c1.